The summed E-state index contributed by atoms with van der Waals surface area (Å²) >= 11 is 0. The van der Waals surface area contributed by atoms with Crippen LogP contribution < -0.4 is 29.0 Å². The molecule has 0 unspecified atom stereocenters. The molecule has 3 aromatic rings. The van der Waals surface area contributed by atoms with E-state index in [2.05, 4.69) is 5.32 Å². The predicted molar refractivity (Wildman–Crippen MR) is 126 cm³/mol. The highest BCUT2D eigenvalue weighted by Gasteiger charge is 2.28. The van der Waals surface area contributed by atoms with E-state index in [-0.39, 0.29) is 12.2 Å². The highest BCUT2D eigenvalue weighted by Crippen LogP contribution is 2.39. The maximum Gasteiger partial charge on any atom is 0.255 e. The lowest BCUT2D eigenvalue weighted by Gasteiger charge is -2.26. The molecular weight excluding hydrogens is 438 g/mol. The third-order valence-corrected chi connectivity index (χ3v) is 5.57. The van der Waals surface area contributed by atoms with Crippen LogP contribution in [0.4, 0.5) is 5.69 Å². The SMILES string of the molecule is COc1cccc([C@@H]2CC(=O)c3cc(NC(=O)c4cc(OC)c(OC)c(OC)c4)ccc3O2)c1. The lowest BCUT2D eigenvalue weighted by molar-refractivity contribution is 0.0849. The Labute approximate surface area is 197 Å². The van der Waals surface area contributed by atoms with Crippen molar-refractivity contribution in [2.24, 2.45) is 0 Å². The van der Waals surface area contributed by atoms with Gasteiger partial charge in [-0.25, -0.2) is 0 Å². The van der Waals surface area contributed by atoms with Gasteiger partial charge in [0.1, 0.15) is 17.6 Å². The maximum atomic E-state index is 12.9. The minimum Gasteiger partial charge on any atom is -0.497 e. The molecule has 0 aromatic heterocycles. The van der Waals surface area contributed by atoms with Crippen LogP contribution in [0.3, 0.4) is 0 Å². The molecule has 1 aliphatic rings. The molecule has 8 nitrogen and oxygen atoms in total. The largest absolute Gasteiger partial charge is 0.497 e. The van der Waals surface area contributed by atoms with Crippen molar-refractivity contribution in [2.45, 2.75) is 12.5 Å². The smallest absolute Gasteiger partial charge is 0.255 e. The Balaban J connectivity index is 1.55. The number of hydrogen-bond donors (Lipinski definition) is 1. The summed E-state index contributed by atoms with van der Waals surface area (Å²) in [5, 5.41) is 2.81. The molecule has 1 amide bonds. The summed E-state index contributed by atoms with van der Waals surface area (Å²) in [6.07, 6.45) is -0.223. The summed E-state index contributed by atoms with van der Waals surface area (Å²) in [5.74, 6) is 1.83. The lowest BCUT2D eigenvalue weighted by atomic mass is 9.96. The van der Waals surface area contributed by atoms with Crippen molar-refractivity contribution in [1.82, 2.24) is 0 Å². The van der Waals surface area contributed by atoms with Gasteiger partial charge in [0.2, 0.25) is 5.75 Å². The molecule has 0 fully saturated rings. The van der Waals surface area contributed by atoms with Gasteiger partial charge in [-0.3, -0.25) is 9.59 Å². The fourth-order valence-corrected chi connectivity index (χ4v) is 3.84. The van der Waals surface area contributed by atoms with Crippen LogP contribution in [0.2, 0.25) is 0 Å². The van der Waals surface area contributed by atoms with Crippen molar-refractivity contribution in [3.63, 3.8) is 0 Å². The topological polar surface area (TPSA) is 92.3 Å². The highest BCUT2D eigenvalue weighted by atomic mass is 16.5. The van der Waals surface area contributed by atoms with Crippen molar-refractivity contribution in [3.05, 3.63) is 71.3 Å². The molecule has 0 saturated heterocycles. The molecule has 0 radical (unpaired) electrons. The number of carbonyl (C=O) groups is 2. The Morgan fingerprint density at radius 3 is 2.29 bits per heavy atom. The summed E-state index contributed by atoms with van der Waals surface area (Å²) in [4.78, 5) is 25.8. The van der Waals surface area contributed by atoms with E-state index in [1.54, 1.807) is 37.4 Å². The second-order valence-corrected chi connectivity index (χ2v) is 7.59. The fraction of sp³-hybridized carbons (Fsp3) is 0.231. The second kappa shape index (κ2) is 9.74. The van der Waals surface area contributed by atoms with Crippen molar-refractivity contribution < 1.29 is 33.3 Å². The Bertz CT molecular complexity index is 1210. The molecular formula is C26H25NO7. The first-order valence-corrected chi connectivity index (χ1v) is 10.6. The van der Waals surface area contributed by atoms with Gasteiger partial charge in [-0.05, 0) is 48.0 Å². The van der Waals surface area contributed by atoms with Crippen molar-refractivity contribution in [1.29, 1.82) is 0 Å². The Morgan fingerprint density at radius 1 is 0.912 bits per heavy atom. The molecule has 0 saturated carbocycles. The molecule has 8 heteroatoms. The number of ketones is 1. The molecule has 3 aromatic carbocycles. The molecule has 1 N–H and O–H groups in total. The molecule has 176 valence electrons. The van der Waals surface area contributed by atoms with Crippen molar-refractivity contribution in [3.8, 4) is 28.7 Å². The van der Waals surface area contributed by atoms with E-state index >= 15 is 0 Å². The number of methoxy groups -OCH3 is 4. The number of hydrogen-bond acceptors (Lipinski definition) is 7. The van der Waals surface area contributed by atoms with Gasteiger partial charge in [0.25, 0.3) is 5.91 Å². The Morgan fingerprint density at radius 2 is 1.65 bits per heavy atom. The quantitative estimate of drug-likeness (QED) is 0.544. The number of carbonyl (C=O) groups excluding carboxylic acids is 2. The van der Waals surface area contributed by atoms with E-state index in [0.29, 0.717) is 45.6 Å². The lowest BCUT2D eigenvalue weighted by Crippen LogP contribution is -2.21. The molecule has 34 heavy (non-hydrogen) atoms. The summed E-state index contributed by atoms with van der Waals surface area (Å²) in [6, 6.07) is 15.6. The number of ether oxygens (including phenoxy) is 5. The molecule has 0 aliphatic carbocycles. The monoisotopic (exact) mass is 463 g/mol. The fourth-order valence-electron chi connectivity index (χ4n) is 3.84. The van der Waals surface area contributed by atoms with E-state index in [4.69, 9.17) is 23.7 Å². The third kappa shape index (κ3) is 4.47. The molecule has 4 rings (SSSR count). The first-order valence-electron chi connectivity index (χ1n) is 10.6. The Kier molecular flexibility index (Phi) is 6.58. The first-order chi connectivity index (χ1) is 16.5. The van der Waals surface area contributed by atoms with Crippen molar-refractivity contribution in [2.75, 3.05) is 33.8 Å². The number of nitrogens with one attached hydrogen (secondary N) is 1. The van der Waals surface area contributed by atoms with Crippen LogP contribution >= 0.6 is 0 Å². The minimum absolute atomic E-state index is 0.0713. The third-order valence-electron chi connectivity index (χ3n) is 5.57. The van der Waals surface area contributed by atoms with Gasteiger partial charge in [0.05, 0.1) is 40.4 Å². The number of anilines is 1. The minimum atomic E-state index is -0.408. The van der Waals surface area contributed by atoms with E-state index < -0.39 is 12.0 Å². The first kappa shape index (κ1) is 23.0. The standard InChI is InChI=1S/C26H25NO7/c1-30-18-7-5-6-15(10-18)22-14-20(28)19-13-17(8-9-21(19)34-22)27-26(29)16-11-23(31-2)25(33-4)24(12-16)32-3/h5-13,22H,14H2,1-4H3,(H,27,29)/t22-/m0/s1. The van der Waals surface area contributed by atoms with E-state index in [0.717, 1.165) is 5.56 Å². The summed E-state index contributed by atoms with van der Waals surface area (Å²) in [6.45, 7) is 0. The maximum absolute atomic E-state index is 12.9. The van der Waals surface area contributed by atoms with Crippen LogP contribution in [-0.4, -0.2) is 40.1 Å². The van der Waals surface area contributed by atoms with Gasteiger partial charge in [-0.1, -0.05) is 12.1 Å². The molecule has 1 heterocycles. The highest BCUT2D eigenvalue weighted by molar-refractivity contribution is 6.06. The Hall–Kier alpha value is -4.20. The van der Waals surface area contributed by atoms with Gasteiger partial charge < -0.3 is 29.0 Å². The van der Waals surface area contributed by atoms with Crippen LogP contribution in [-0.2, 0) is 0 Å². The normalized spacial score (nSPS) is 14.5. The van der Waals surface area contributed by atoms with Crippen LogP contribution in [0.5, 0.6) is 28.7 Å². The van der Waals surface area contributed by atoms with E-state index in [1.807, 2.05) is 24.3 Å². The second-order valence-electron chi connectivity index (χ2n) is 7.59. The zero-order valence-corrected chi connectivity index (χ0v) is 19.3. The van der Waals surface area contributed by atoms with Gasteiger partial charge in [-0.2, -0.15) is 0 Å². The number of Topliss-reactive ketones (excluding diaryl/α,β-unsaturated/α-hetero) is 1. The molecule has 1 atom stereocenters. The van der Waals surface area contributed by atoms with Crippen LogP contribution in [0.15, 0.2) is 54.6 Å². The van der Waals surface area contributed by atoms with Gasteiger partial charge in [0, 0.05) is 11.3 Å². The number of amides is 1. The van der Waals surface area contributed by atoms with E-state index in [1.165, 1.54) is 21.3 Å². The average Bonchev–Trinajstić information content (AvgIpc) is 2.87. The number of fused-ring (bicyclic) bond motifs is 1. The zero-order chi connectivity index (χ0) is 24.2. The zero-order valence-electron chi connectivity index (χ0n) is 19.3. The average molecular weight is 463 g/mol. The van der Waals surface area contributed by atoms with Gasteiger partial charge >= 0.3 is 0 Å². The van der Waals surface area contributed by atoms with Gasteiger partial charge in [0.15, 0.2) is 17.3 Å². The predicted octanol–water partition coefficient (Wildman–Crippen LogP) is 4.68. The molecule has 1 aliphatic heterocycles. The van der Waals surface area contributed by atoms with E-state index in [9.17, 15) is 9.59 Å². The van der Waals surface area contributed by atoms with Crippen LogP contribution in [0.25, 0.3) is 0 Å². The summed E-state index contributed by atoms with van der Waals surface area (Å²) in [7, 11) is 6.04. The number of benzene rings is 3. The van der Waals surface area contributed by atoms with Crippen molar-refractivity contribution >= 4 is 17.4 Å². The number of rotatable bonds is 7. The summed E-state index contributed by atoms with van der Waals surface area (Å²) in [5.41, 5.74) is 2.06. The van der Waals surface area contributed by atoms with Crippen LogP contribution in [0, 0.1) is 0 Å². The van der Waals surface area contributed by atoms with Gasteiger partial charge in [-0.15, -0.1) is 0 Å². The summed E-state index contributed by atoms with van der Waals surface area (Å²) < 4.78 is 27.3. The molecule has 0 bridgehead atoms. The molecule has 0 spiro atoms. The van der Waals surface area contributed by atoms with Crippen LogP contribution in [0.1, 0.15) is 38.8 Å².